The number of rotatable bonds is 5. The van der Waals surface area contributed by atoms with Gasteiger partial charge in [0.1, 0.15) is 11.6 Å². The Kier molecular flexibility index (Phi) is 4.53. The van der Waals surface area contributed by atoms with Crippen molar-refractivity contribution in [2.24, 2.45) is 0 Å². The zero-order valence-electron chi connectivity index (χ0n) is 10.2. The van der Waals surface area contributed by atoms with E-state index in [-0.39, 0.29) is 0 Å². The molecule has 0 bridgehead atoms. The summed E-state index contributed by atoms with van der Waals surface area (Å²) < 4.78 is 0. The van der Waals surface area contributed by atoms with Crippen molar-refractivity contribution in [3.63, 3.8) is 0 Å². The highest BCUT2D eigenvalue weighted by molar-refractivity contribution is 5.39. The molecular formula is C12H21N3. The molecule has 1 heterocycles. The van der Waals surface area contributed by atoms with Crippen LogP contribution in [-0.2, 0) is 0 Å². The lowest BCUT2D eigenvalue weighted by Crippen LogP contribution is -2.26. The third kappa shape index (κ3) is 3.50. The summed E-state index contributed by atoms with van der Waals surface area (Å²) >= 11 is 0. The first-order valence-corrected chi connectivity index (χ1v) is 5.74. The number of aryl methyl sites for hydroxylation is 2. The highest BCUT2D eigenvalue weighted by Crippen LogP contribution is 2.13. The SMILES string of the molecule is CCCN(CCC)c1cc(C)nc(C)n1. The van der Waals surface area contributed by atoms with E-state index in [1.807, 2.05) is 13.8 Å². The fourth-order valence-electron chi connectivity index (χ4n) is 1.74. The van der Waals surface area contributed by atoms with E-state index in [4.69, 9.17) is 0 Å². The van der Waals surface area contributed by atoms with Crippen LogP contribution in [0.25, 0.3) is 0 Å². The Balaban J connectivity index is 2.88. The molecule has 3 heteroatoms. The third-order valence-electron chi connectivity index (χ3n) is 2.26. The second-order valence-corrected chi connectivity index (χ2v) is 3.90. The van der Waals surface area contributed by atoms with Crippen molar-refractivity contribution in [3.05, 3.63) is 17.6 Å². The smallest absolute Gasteiger partial charge is 0.132 e. The first-order chi connectivity index (χ1) is 7.17. The van der Waals surface area contributed by atoms with E-state index in [9.17, 15) is 0 Å². The summed E-state index contributed by atoms with van der Waals surface area (Å²) in [7, 11) is 0. The molecule has 1 rings (SSSR count). The molecule has 0 aliphatic rings. The Morgan fingerprint density at radius 1 is 1.07 bits per heavy atom. The molecular weight excluding hydrogens is 186 g/mol. The maximum atomic E-state index is 4.49. The Morgan fingerprint density at radius 2 is 1.67 bits per heavy atom. The molecule has 1 aromatic rings. The first kappa shape index (κ1) is 12.0. The second-order valence-electron chi connectivity index (χ2n) is 3.90. The van der Waals surface area contributed by atoms with Gasteiger partial charge >= 0.3 is 0 Å². The minimum atomic E-state index is 0.863. The van der Waals surface area contributed by atoms with Crippen LogP contribution in [0.2, 0.25) is 0 Å². The first-order valence-electron chi connectivity index (χ1n) is 5.74. The van der Waals surface area contributed by atoms with Gasteiger partial charge in [0.2, 0.25) is 0 Å². The minimum absolute atomic E-state index is 0.863. The summed E-state index contributed by atoms with van der Waals surface area (Å²) in [5.74, 6) is 1.94. The van der Waals surface area contributed by atoms with E-state index < -0.39 is 0 Å². The maximum absolute atomic E-state index is 4.49. The van der Waals surface area contributed by atoms with E-state index in [0.717, 1.165) is 43.3 Å². The third-order valence-corrected chi connectivity index (χ3v) is 2.26. The zero-order chi connectivity index (χ0) is 11.3. The summed E-state index contributed by atoms with van der Waals surface area (Å²) in [5.41, 5.74) is 1.05. The van der Waals surface area contributed by atoms with Crippen LogP contribution in [0.15, 0.2) is 6.07 Å². The molecule has 0 aliphatic carbocycles. The predicted molar refractivity (Wildman–Crippen MR) is 64.3 cm³/mol. The fraction of sp³-hybridized carbons (Fsp3) is 0.667. The molecule has 0 saturated heterocycles. The maximum Gasteiger partial charge on any atom is 0.132 e. The van der Waals surface area contributed by atoms with Crippen molar-refractivity contribution >= 4 is 5.82 Å². The van der Waals surface area contributed by atoms with Crippen LogP contribution in [-0.4, -0.2) is 23.1 Å². The van der Waals surface area contributed by atoms with Crippen LogP contribution in [0.1, 0.15) is 38.2 Å². The lowest BCUT2D eigenvalue weighted by atomic mass is 10.3. The molecule has 0 N–H and O–H groups in total. The van der Waals surface area contributed by atoms with Crippen molar-refractivity contribution in [2.75, 3.05) is 18.0 Å². The van der Waals surface area contributed by atoms with Gasteiger partial charge in [-0.25, -0.2) is 9.97 Å². The molecule has 84 valence electrons. The van der Waals surface area contributed by atoms with Gasteiger partial charge < -0.3 is 4.90 Å². The largest absolute Gasteiger partial charge is 0.357 e. The standard InChI is InChI=1S/C12H21N3/c1-5-7-15(8-6-2)12-9-10(3)13-11(4)14-12/h9H,5-8H2,1-4H3. The lowest BCUT2D eigenvalue weighted by Gasteiger charge is -2.22. The molecule has 0 spiro atoms. The van der Waals surface area contributed by atoms with E-state index in [2.05, 4.69) is 34.8 Å². The van der Waals surface area contributed by atoms with Crippen molar-refractivity contribution in [1.82, 2.24) is 9.97 Å². The van der Waals surface area contributed by atoms with Gasteiger partial charge in [-0.15, -0.1) is 0 Å². The Labute approximate surface area is 92.6 Å². The molecule has 3 nitrogen and oxygen atoms in total. The normalized spacial score (nSPS) is 10.4. The van der Waals surface area contributed by atoms with Crippen molar-refractivity contribution in [1.29, 1.82) is 0 Å². The van der Waals surface area contributed by atoms with Gasteiger partial charge in [-0.1, -0.05) is 13.8 Å². The number of hydrogen-bond donors (Lipinski definition) is 0. The lowest BCUT2D eigenvalue weighted by molar-refractivity contribution is 0.729. The highest BCUT2D eigenvalue weighted by Gasteiger charge is 2.07. The predicted octanol–water partition coefficient (Wildman–Crippen LogP) is 2.72. The van der Waals surface area contributed by atoms with E-state index in [1.165, 1.54) is 0 Å². The molecule has 0 aromatic carbocycles. The zero-order valence-corrected chi connectivity index (χ0v) is 10.2. The van der Waals surface area contributed by atoms with Gasteiger partial charge in [-0.3, -0.25) is 0 Å². The van der Waals surface area contributed by atoms with Crippen LogP contribution in [0.4, 0.5) is 5.82 Å². The van der Waals surface area contributed by atoms with Crippen LogP contribution >= 0.6 is 0 Å². The van der Waals surface area contributed by atoms with Crippen molar-refractivity contribution in [3.8, 4) is 0 Å². The monoisotopic (exact) mass is 207 g/mol. The number of anilines is 1. The Hall–Kier alpha value is -1.12. The number of nitrogens with zero attached hydrogens (tertiary/aromatic N) is 3. The molecule has 0 saturated carbocycles. The van der Waals surface area contributed by atoms with Crippen LogP contribution in [0, 0.1) is 13.8 Å². The van der Waals surface area contributed by atoms with E-state index in [1.54, 1.807) is 0 Å². The summed E-state index contributed by atoms with van der Waals surface area (Å²) in [6.07, 6.45) is 2.31. The van der Waals surface area contributed by atoms with E-state index in [0.29, 0.717) is 0 Å². The van der Waals surface area contributed by atoms with Crippen molar-refractivity contribution < 1.29 is 0 Å². The Morgan fingerprint density at radius 3 is 2.13 bits per heavy atom. The molecule has 0 radical (unpaired) electrons. The molecule has 0 unspecified atom stereocenters. The van der Waals surface area contributed by atoms with Crippen LogP contribution < -0.4 is 4.90 Å². The Bertz CT molecular complexity index is 283. The van der Waals surface area contributed by atoms with Gasteiger partial charge in [0.05, 0.1) is 0 Å². The molecule has 15 heavy (non-hydrogen) atoms. The number of hydrogen-bond acceptors (Lipinski definition) is 3. The quantitative estimate of drug-likeness (QED) is 0.743. The van der Waals surface area contributed by atoms with Gasteiger partial charge in [0, 0.05) is 24.8 Å². The summed E-state index contributed by atoms with van der Waals surface area (Å²) in [5, 5.41) is 0. The van der Waals surface area contributed by atoms with Gasteiger partial charge in [0.25, 0.3) is 0 Å². The summed E-state index contributed by atoms with van der Waals surface area (Å²) in [6.45, 7) is 10.5. The molecule has 0 atom stereocenters. The van der Waals surface area contributed by atoms with Crippen LogP contribution in [0.3, 0.4) is 0 Å². The second kappa shape index (κ2) is 5.69. The van der Waals surface area contributed by atoms with E-state index >= 15 is 0 Å². The van der Waals surface area contributed by atoms with Crippen molar-refractivity contribution in [2.45, 2.75) is 40.5 Å². The van der Waals surface area contributed by atoms with Crippen LogP contribution in [0.5, 0.6) is 0 Å². The molecule has 0 amide bonds. The van der Waals surface area contributed by atoms with Gasteiger partial charge in [-0.05, 0) is 26.7 Å². The molecule has 0 fully saturated rings. The number of aromatic nitrogens is 2. The average Bonchev–Trinajstić information content (AvgIpc) is 2.16. The summed E-state index contributed by atoms with van der Waals surface area (Å²) in [6, 6.07) is 2.07. The average molecular weight is 207 g/mol. The topological polar surface area (TPSA) is 29.0 Å². The molecule has 1 aromatic heterocycles. The highest BCUT2D eigenvalue weighted by atomic mass is 15.2. The minimum Gasteiger partial charge on any atom is -0.357 e. The summed E-state index contributed by atoms with van der Waals surface area (Å²) in [4.78, 5) is 11.1. The van der Waals surface area contributed by atoms with Gasteiger partial charge in [0.15, 0.2) is 0 Å². The van der Waals surface area contributed by atoms with Gasteiger partial charge in [-0.2, -0.15) is 0 Å². The molecule has 0 aliphatic heterocycles. The fourth-order valence-corrected chi connectivity index (χ4v) is 1.74.